The van der Waals surface area contributed by atoms with Gasteiger partial charge in [0.2, 0.25) is 5.91 Å². The summed E-state index contributed by atoms with van der Waals surface area (Å²) in [4.78, 5) is 18.8. The number of rotatable bonds is 4. The zero-order valence-electron chi connectivity index (χ0n) is 14.1. The molecule has 0 aromatic carbocycles. The lowest BCUT2D eigenvalue weighted by Gasteiger charge is -2.34. The van der Waals surface area contributed by atoms with Crippen molar-refractivity contribution in [2.75, 3.05) is 6.54 Å². The van der Waals surface area contributed by atoms with Crippen molar-refractivity contribution < 1.29 is 13.9 Å². The Morgan fingerprint density at radius 3 is 2.88 bits per heavy atom. The number of carbonyl (C=O) groups excluding carboxylic acids is 1. The van der Waals surface area contributed by atoms with Gasteiger partial charge in [-0.1, -0.05) is 6.07 Å². The van der Waals surface area contributed by atoms with Crippen LogP contribution in [0.15, 0.2) is 42.7 Å². The molecule has 132 valence electrons. The van der Waals surface area contributed by atoms with Crippen molar-refractivity contribution in [1.29, 1.82) is 0 Å². The van der Waals surface area contributed by atoms with E-state index in [0.717, 1.165) is 11.4 Å². The van der Waals surface area contributed by atoms with E-state index in [1.54, 1.807) is 6.20 Å². The van der Waals surface area contributed by atoms with Gasteiger partial charge in [0.15, 0.2) is 0 Å². The maximum atomic E-state index is 13.1. The molecule has 1 unspecified atom stereocenters. The van der Waals surface area contributed by atoms with Crippen LogP contribution in [0.3, 0.4) is 0 Å². The van der Waals surface area contributed by atoms with Gasteiger partial charge in [0.05, 0.1) is 31.5 Å². The molecule has 4 rings (SSSR count). The van der Waals surface area contributed by atoms with E-state index in [9.17, 15) is 9.18 Å². The number of hydrogen-bond acceptors (Lipinski definition) is 3. The molecule has 25 heavy (non-hydrogen) atoms. The fraction of sp³-hybridized carbons (Fsp3) is 0.474. The van der Waals surface area contributed by atoms with E-state index in [-0.39, 0.29) is 17.9 Å². The number of pyridine rings is 1. The molecule has 1 aliphatic carbocycles. The average molecular weight is 343 g/mol. The third-order valence-corrected chi connectivity index (χ3v) is 5.04. The lowest BCUT2D eigenvalue weighted by atomic mass is 9.82. The van der Waals surface area contributed by atoms with Crippen molar-refractivity contribution in [3.05, 3.63) is 54.1 Å². The number of hydrogen-bond donors (Lipinski definition) is 0. The molecule has 0 spiro atoms. The standard InChI is InChI=1S/C19H22FN3O2/c20-15-8-14(9-15)19(24)23-10-17-5-3-7-22(17)11-18(12-23)25-13-16-4-1-2-6-21-16/h1-7,14-15,18H,8-13H2. The van der Waals surface area contributed by atoms with E-state index in [4.69, 9.17) is 4.74 Å². The van der Waals surface area contributed by atoms with Gasteiger partial charge in [0.1, 0.15) is 6.17 Å². The second-order valence-corrected chi connectivity index (χ2v) is 6.89. The molecule has 2 aromatic heterocycles. The van der Waals surface area contributed by atoms with Crippen LogP contribution in [-0.2, 0) is 29.2 Å². The highest BCUT2D eigenvalue weighted by Gasteiger charge is 2.38. The van der Waals surface area contributed by atoms with E-state index in [2.05, 4.69) is 9.55 Å². The lowest BCUT2D eigenvalue weighted by Crippen LogP contribution is -2.44. The summed E-state index contributed by atoms with van der Waals surface area (Å²) in [6.45, 7) is 2.21. The minimum atomic E-state index is -0.819. The summed E-state index contributed by atoms with van der Waals surface area (Å²) in [6.07, 6.45) is 3.55. The molecule has 0 radical (unpaired) electrons. The van der Waals surface area contributed by atoms with Crippen molar-refractivity contribution in [3.8, 4) is 0 Å². The van der Waals surface area contributed by atoms with Gasteiger partial charge in [-0.05, 0) is 37.1 Å². The van der Waals surface area contributed by atoms with Crippen LogP contribution in [0.2, 0.25) is 0 Å². The van der Waals surface area contributed by atoms with Gasteiger partial charge in [0, 0.05) is 30.6 Å². The highest BCUT2D eigenvalue weighted by Crippen LogP contribution is 2.32. The number of amides is 1. The first-order chi connectivity index (χ1) is 12.2. The van der Waals surface area contributed by atoms with E-state index in [1.807, 2.05) is 41.4 Å². The van der Waals surface area contributed by atoms with Crippen LogP contribution >= 0.6 is 0 Å². The molecule has 6 heteroatoms. The Kier molecular flexibility index (Phi) is 4.53. The number of carbonyl (C=O) groups is 1. The highest BCUT2D eigenvalue weighted by atomic mass is 19.1. The molecule has 1 saturated carbocycles. The molecule has 5 nitrogen and oxygen atoms in total. The van der Waals surface area contributed by atoms with Gasteiger partial charge in [0.25, 0.3) is 0 Å². The average Bonchev–Trinajstić information content (AvgIpc) is 2.95. The number of aromatic nitrogens is 2. The largest absolute Gasteiger partial charge is 0.368 e. The number of halogens is 1. The van der Waals surface area contributed by atoms with Crippen LogP contribution in [0.25, 0.3) is 0 Å². The first kappa shape index (κ1) is 16.3. The number of ether oxygens (including phenoxy) is 1. The summed E-state index contributed by atoms with van der Waals surface area (Å²) in [7, 11) is 0. The molecule has 1 fully saturated rings. The number of alkyl halides is 1. The molecule has 2 aromatic rings. The van der Waals surface area contributed by atoms with Crippen LogP contribution in [-0.4, -0.2) is 39.2 Å². The minimum absolute atomic E-state index is 0.0509. The molecular formula is C19H22FN3O2. The van der Waals surface area contributed by atoms with Gasteiger partial charge in [-0.2, -0.15) is 0 Å². The summed E-state index contributed by atoms with van der Waals surface area (Å²) in [5.74, 6) is -0.122. The zero-order chi connectivity index (χ0) is 17.2. The second kappa shape index (κ2) is 6.96. The van der Waals surface area contributed by atoms with Gasteiger partial charge in [-0.15, -0.1) is 0 Å². The van der Waals surface area contributed by atoms with Crippen LogP contribution in [0.1, 0.15) is 24.2 Å². The van der Waals surface area contributed by atoms with Gasteiger partial charge < -0.3 is 14.2 Å². The van der Waals surface area contributed by atoms with Crippen LogP contribution in [0, 0.1) is 5.92 Å². The normalized spacial score (nSPS) is 25.8. The molecular weight excluding hydrogens is 321 g/mol. The third-order valence-electron chi connectivity index (χ3n) is 5.04. The predicted molar refractivity (Wildman–Crippen MR) is 90.3 cm³/mol. The summed E-state index contributed by atoms with van der Waals surface area (Å²) >= 11 is 0. The Morgan fingerprint density at radius 1 is 1.24 bits per heavy atom. The lowest BCUT2D eigenvalue weighted by molar-refractivity contribution is -0.143. The molecule has 2 aliphatic rings. The Morgan fingerprint density at radius 2 is 2.12 bits per heavy atom. The summed E-state index contributed by atoms with van der Waals surface area (Å²) < 4.78 is 21.3. The maximum absolute atomic E-state index is 13.1. The number of fused-ring (bicyclic) bond motifs is 1. The van der Waals surface area contributed by atoms with Crippen molar-refractivity contribution in [3.63, 3.8) is 0 Å². The van der Waals surface area contributed by atoms with Crippen LogP contribution < -0.4 is 0 Å². The number of nitrogens with zero attached hydrogens (tertiary/aromatic N) is 3. The predicted octanol–water partition coefficient (Wildman–Crippen LogP) is 2.56. The Bertz CT molecular complexity index is 727. The van der Waals surface area contributed by atoms with E-state index in [0.29, 0.717) is 39.1 Å². The van der Waals surface area contributed by atoms with Crippen molar-refractivity contribution >= 4 is 5.91 Å². The fourth-order valence-electron chi connectivity index (χ4n) is 3.52. The molecule has 1 amide bonds. The molecule has 0 N–H and O–H groups in total. The molecule has 0 saturated heterocycles. The Labute approximate surface area is 146 Å². The third kappa shape index (κ3) is 3.58. The maximum Gasteiger partial charge on any atom is 0.226 e. The Hall–Kier alpha value is -2.21. The van der Waals surface area contributed by atoms with Gasteiger partial charge >= 0.3 is 0 Å². The van der Waals surface area contributed by atoms with Crippen LogP contribution in [0.4, 0.5) is 4.39 Å². The molecule has 0 bridgehead atoms. The zero-order valence-corrected chi connectivity index (χ0v) is 14.1. The van der Waals surface area contributed by atoms with Crippen molar-refractivity contribution in [2.45, 2.75) is 44.8 Å². The van der Waals surface area contributed by atoms with E-state index >= 15 is 0 Å². The van der Waals surface area contributed by atoms with Crippen LogP contribution in [0.5, 0.6) is 0 Å². The van der Waals surface area contributed by atoms with Gasteiger partial charge in [-0.3, -0.25) is 9.78 Å². The van der Waals surface area contributed by atoms with E-state index in [1.165, 1.54) is 0 Å². The van der Waals surface area contributed by atoms with E-state index < -0.39 is 6.17 Å². The first-order valence-corrected chi connectivity index (χ1v) is 8.77. The van der Waals surface area contributed by atoms with Gasteiger partial charge in [-0.25, -0.2) is 4.39 Å². The molecule has 3 heterocycles. The second-order valence-electron chi connectivity index (χ2n) is 6.89. The first-order valence-electron chi connectivity index (χ1n) is 8.77. The summed E-state index contributed by atoms with van der Waals surface area (Å²) in [6, 6.07) is 9.75. The van der Waals surface area contributed by atoms with Crippen molar-refractivity contribution in [1.82, 2.24) is 14.5 Å². The minimum Gasteiger partial charge on any atom is -0.368 e. The SMILES string of the molecule is O=C(C1CC(F)C1)N1Cc2cccn2CC(OCc2ccccn2)C1. The Balaban J connectivity index is 1.46. The van der Waals surface area contributed by atoms with Crippen molar-refractivity contribution in [2.24, 2.45) is 5.92 Å². The molecule has 1 aliphatic heterocycles. The smallest absolute Gasteiger partial charge is 0.226 e. The topological polar surface area (TPSA) is 47.4 Å². The summed E-state index contributed by atoms with van der Waals surface area (Å²) in [5.41, 5.74) is 1.96. The summed E-state index contributed by atoms with van der Waals surface area (Å²) in [5, 5.41) is 0. The molecule has 1 atom stereocenters. The monoisotopic (exact) mass is 343 g/mol. The fourth-order valence-corrected chi connectivity index (χ4v) is 3.52. The highest BCUT2D eigenvalue weighted by molar-refractivity contribution is 5.80. The quantitative estimate of drug-likeness (QED) is 0.857.